The Balaban J connectivity index is 2.08. The molecule has 1 unspecified atom stereocenters. The molecule has 0 spiro atoms. The molecule has 0 aromatic heterocycles. The van der Waals surface area contributed by atoms with Gasteiger partial charge >= 0.3 is 0 Å². The molecule has 0 aromatic carbocycles. The molecule has 3 N–H and O–H groups in total. The van der Waals surface area contributed by atoms with Crippen LogP contribution < -0.4 is 11.1 Å². The van der Waals surface area contributed by atoms with Crippen LogP contribution in [0.1, 0.15) is 52.9 Å². The first-order chi connectivity index (χ1) is 9.89. The molecule has 0 radical (unpaired) electrons. The SMILES string of the molecule is CC(C)CC1(C)N=C(N)C=C(CC2CCNCC2)CC1=O. The number of Topliss-reactive ketones (excluding diaryl/α,β-unsaturated/α-hetero) is 1. The van der Waals surface area contributed by atoms with E-state index in [1.54, 1.807) is 0 Å². The van der Waals surface area contributed by atoms with Crippen LogP contribution >= 0.6 is 0 Å². The number of allylic oxidation sites excluding steroid dienone is 1. The number of rotatable bonds is 4. The molecule has 4 nitrogen and oxygen atoms in total. The van der Waals surface area contributed by atoms with Gasteiger partial charge in [-0.2, -0.15) is 0 Å². The van der Waals surface area contributed by atoms with Crippen molar-refractivity contribution in [2.45, 2.75) is 58.4 Å². The van der Waals surface area contributed by atoms with Crippen molar-refractivity contribution in [2.75, 3.05) is 13.1 Å². The monoisotopic (exact) mass is 291 g/mol. The third-order valence-electron chi connectivity index (χ3n) is 4.53. The van der Waals surface area contributed by atoms with E-state index in [1.807, 2.05) is 13.0 Å². The molecule has 0 saturated carbocycles. The van der Waals surface area contributed by atoms with Gasteiger partial charge in [0.1, 0.15) is 11.4 Å². The Bertz CT molecular complexity index is 447. The number of hydrogen-bond acceptors (Lipinski definition) is 4. The topological polar surface area (TPSA) is 67.5 Å². The molecular formula is C17H29N3O. The van der Waals surface area contributed by atoms with Crippen LogP contribution in [-0.2, 0) is 4.79 Å². The lowest BCUT2D eigenvalue weighted by atomic mass is 9.83. The van der Waals surface area contributed by atoms with E-state index in [4.69, 9.17) is 5.73 Å². The van der Waals surface area contributed by atoms with Gasteiger partial charge in [-0.25, -0.2) is 0 Å². The normalized spacial score (nSPS) is 28.3. The highest BCUT2D eigenvalue weighted by molar-refractivity contribution is 6.00. The van der Waals surface area contributed by atoms with E-state index < -0.39 is 5.54 Å². The molecular weight excluding hydrogens is 262 g/mol. The van der Waals surface area contributed by atoms with Gasteiger partial charge in [0.15, 0.2) is 5.78 Å². The number of hydrogen-bond donors (Lipinski definition) is 2. The average molecular weight is 291 g/mol. The van der Waals surface area contributed by atoms with Crippen molar-refractivity contribution in [2.24, 2.45) is 22.6 Å². The summed E-state index contributed by atoms with van der Waals surface area (Å²) in [5.41, 5.74) is 6.57. The largest absolute Gasteiger partial charge is 0.384 e. The summed E-state index contributed by atoms with van der Waals surface area (Å²) < 4.78 is 0. The van der Waals surface area contributed by atoms with E-state index in [9.17, 15) is 4.79 Å². The van der Waals surface area contributed by atoms with E-state index in [0.717, 1.165) is 25.9 Å². The van der Waals surface area contributed by atoms with E-state index in [2.05, 4.69) is 24.2 Å². The number of amidine groups is 1. The molecule has 2 aliphatic heterocycles. The molecule has 2 aliphatic rings. The summed E-state index contributed by atoms with van der Waals surface area (Å²) in [5, 5.41) is 3.38. The van der Waals surface area contributed by atoms with Crippen LogP contribution in [0.25, 0.3) is 0 Å². The highest BCUT2D eigenvalue weighted by atomic mass is 16.1. The lowest BCUT2D eigenvalue weighted by Gasteiger charge is -2.26. The fourth-order valence-corrected chi connectivity index (χ4v) is 3.58. The van der Waals surface area contributed by atoms with E-state index in [1.165, 1.54) is 18.4 Å². The van der Waals surface area contributed by atoms with Crippen molar-refractivity contribution in [1.29, 1.82) is 0 Å². The first kappa shape index (κ1) is 16.2. The number of nitrogens with two attached hydrogens (primary N) is 1. The quantitative estimate of drug-likeness (QED) is 0.836. The maximum atomic E-state index is 12.7. The van der Waals surface area contributed by atoms with E-state index in [-0.39, 0.29) is 5.78 Å². The fraction of sp³-hybridized carbons (Fsp3) is 0.765. The van der Waals surface area contributed by atoms with Gasteiger partial charge in [0.05, 0.1) is 0 Å². The molecule has 0 amide bonds. The Kier molecular flexibility index (Phi) is 5.20. The van der Waals surface area contributed by atoms with Crippen LogP contribution in [0.4, 0.5) is 0 Å². The number of carbonyl (C=O) groups excluding carboxylic acids is 1. The second kappa shape index (κ2) is 6.73. The van der Waals surface area contributed by atoms with Gasteiger partial charge in [-0.1, -0.05) is 19.4 Å². The van der Waals surface area contributed by atoms with Crippen LogP contribution in [0.3, 0.4) is 0 Å². The van der Waals surface area contributed by atoms with Crippen molar-refractivity contribution in [3.05, 3.63) is 11.6 Å². The summed E-state index contributed by atoms with van der Waals surface area (Å²) in [6.07, 6.45) is 6.59. The fourth-order valence-electron chi connectivity index (χ4n) is 3.58. The molecule has 118 valence electrons. The summed E-state index contributed by atoms with van der Waals surface area (Å²) >= 11 is 0. The number of aliphatic imine (C=N–C) groups is 1. The molecule has 21 heavy (non-hydrogen) atoms. The minimum Gasteiger partial charge on any atom is -0.384 e. The van der Waals surface area contributed by atoms with E-state index in [0.29, 0.717) is 24.1 Å². The van der Waals surface area contributed by atoms with Gasteiger partial charge in [-0.3, -0.25) is 9.79 Å². The van der Waals surface area contributed by atoms with Gasteiger partial charge in [-0.05, 0) is 63.6 Å². The zero-order chi connectivity index (χ0) is 15.5. The number of piperidine rings is 1. The molecule has 1 fully saturated rings. The van der Waals surface area contributed by atoms with Crippen LogP contribution in [0.15, 0.2) is 16.6 Å². The molecule has 4 heteroatoms. The number of carbonyl (C=O) groups is 1. The van der Waals surface area contributed by atoms with Crippen LogP contribution in [0.5, 0.6) is 0 Å². The van der Waals surface area contributed by atoms with Crippen LogP contribution in [0, 0.1) is 11.8 Å². The van der Waals surface area contributed by atoms with Crippen molar-refractivity contribution >= 4 is 11.6 Å². The Morgan fingerprint density at radius 1 is 1.43 bits per heavy atom. The molecule has 0 aromatic rings. The summed E-state index contributed by atoms with van der Waals surface area (Å²) in [4.78, 5) is 17.2. The summed E-state index contributed by atoms with van der Waals surface area (Å²) in [7, 11) is 0. The predicted octanol–water partition coefficient (Wildman–Crippen LogP) is 2.44. The van der Waals surface area contributed by atoms with Gasteiger partial charge in [0, 0.05) is 6.42 Å². The predicted molar refractivity (Wildman–Crippen MR) is 87.4 cm³/mol. The Hall–Kier alpha value is -1.16. The number of nitrogens with one attached hydrogen (secondary N) is 1. The molecule has 0 bridgehead atoms. The average Bonchev–Trinajstić information content (AvgIpc) is 2.47. The lowest BCUT2D eigenvalue weighted by Crippen LogP contribution is -2.36. The van der Waals surface area contributed by atoms with Gasteiger partial charge in [0.2, 0.25) is 0 Å². The first-order valence-electron chi connectivity index (χ1n) is 8.18. The summed E-state index contributed by atoms with van der Waals surface area (Å²) in [6.45, 7) is 8.35. The molecule has 0 aliphatic carbocycles. The second-order valence-electron chi connectivity index (χ2n) is 7.21. The highest BCUT2D eigenvalue weighted by Crippen LogP contribution is 2.30. The van der Waals surface area contributed by atoms with Gasteiger partial charge < -0.3 is 11.1 Å². The van der Waals surface area contributed by atoms with Gasteiger partial charge in [0.25, 0.3) is 0 Å². The van der Waals surface area contributed by atoms with Crippen LogP contribution in [0.2, 0.25) is 0 Å². The maximum Gasteiger partial charge on any atom is 0.164 e. The molecule has 1 saturated heterocycles. The van der Waals surface area contributed by atoms with Crippen molar-refractivity contribution in [3.63, 3.8) is 0 Å². The second-order valence-corrected chi connectivity index (χ2v) is 7.21. The van der Waals surface area contributed by atoms with E-state index >= 15 is 0 Å². The first-order valence-corrected chi connectivity index (χ1v) is 8.18. The minimum atomic E-state index is -0.648. The van der Waals surface area contributed by atoms with Crippen LogP contribution in [-0.4, -0.2) is 30.2 Å². The van der Waals surface area contributed by atoms with Crippen molar-refractivity contribution in [1.82, 2.24) is 5.32 Å². The number of ketones is 1. The zero-order valence-electron chi connectivity index (χ0n) is 13.6. The Morgan fingerprint density at radius 3 is 2.71 bits per heavy atom. The third-order valence-corrected chi connectivity index (χ3v) is 4.53. The highest BCUT2D eigenvalue weighted by Gasteiger charge is 2.35. The van der Waals surface area contributed by atoms with Crippen molar-refractivity contribution < 1.29 is 4.79 Å². The Labute approximate surface area is 128 Å². The third kappa shape index (κ3) is 4.40. The summed E-state index contributed by atoms with van der Waals surface area (Å²) in [6, 6.07) is 0. The zero-order valence-corrected chi connectivity index (χ0v) is 13.6. The Morgan fingerprint density at radius 2 is 2.10 bits per heavy atom. The summed E-state index contributed by atoms with van der Waals surface area (Å²) in [5.74, 6) is 1.85. The van der Waals surface area contributed by atoms with Crippen molar-refractivity contribution in [3.8, 4) is 0 Å². The lowest BCUT2D eigenvalue weighted by molar-refractivity contribution is -0.123. The smallest absolute Gasteiger partial charge is 0.164 e. The number of nitrogens with zero attached hydrogens (tertiary/aromatic N) is 1. The molecule has 1 atom stereocenters. The molecule has 2 heterocycles. The van der Waals surface area contributed by atoms with Gasteiger partial charge in [-0.15, -0.1) is 0 Å². The molecule has 2 rings (SSSR count). The minimum absolute atomic E-state index is 0.219. The maximum absolute atomic E-state index is 12.7. The standard InChI is InChI=1S/C17H29N3O/c1-12(2)11-17(3)15(21)9-14(10-16(18)20-17)8-13-4-6-19-7-5-13/h10,12-13,19H,4-9,11H2,1-3H3,(H2,18,20).